The minimum Gasteiger partial charge on any atom is -0.384 e. The summed E-state index contributed by atoms with van der Waals surface area (Å²) in [5, 5.41) is 10.3. The molecule has 0 aliphatic carbocycles. The Morgan fingerprint density at radius 2 is 1.23 bits per heavy atom. The quantitative estimate of drug-likeness (QED) is 0.158. The standard InChI is InChI=1S/C33H46N4O7/c1-43-22-18-29(38)34-20-16-28(36-31(40)19-23-44-2)33(42)35-21-17-30(39)37-32(41)24-27-14-12-26(13-15-27)11-7-6-10-25-8-4-3-5-9-25/h3-5,8-9,12-15,28H,6-7,10-11,16-24H2,1-2H3,(H,34,38)(H,35,42)(H,36,40)(H,37,39,41)/t28-/m0/s1. The summed E-state index contributed by atoms with van der Waals surface area (Å²) in [5.41, 5.74) is 3.35. The first-order valence-corrected chi connectivity index (χ1v) is 15.1. The number of ether oxygens (including phenoxy) is 2. The van der Waals surface area contributed by atoms with Crippen LogP contribution in [0.5, 0.6) is 0 Å². The second-order valence-electron chi connectivity index (χ2n) is 10.4. The third kappa shape index (κ3) is 15.9. The minimum absolute atomic E-state index is 0.0262. The van der Waals surface area contributed by atoms with Crippen molar-refractivity contribution in [3.63, 3.8) is 0 Å². The number of hydrogen-bond acceptors (Lipinski definition) is 7. The van der Waals surface area contributed by atoms with Gasteiger partial charge in [-0.2, -0.15) is 0 Å². The van der Waals surface area contributed by atoms with Crippen LogP contribution in [0.4, 0.5) is 0 Å². The number of carbonyl (C=O) groups is 5. The SMILES string of the molecule is COCCC(=O)NCC[C@H](NC(=O)CCOC)C(=O)NCCC(=O)NC(=O)Cc1ccc(CCCCc2ccccc2)cc1. The van der Waals surface area contributed by atoms with E-state index in [1.54, 1.807) is 0 Å². The zero-order valence-electron chi connectivity index (χ0n) is 25.8. The summed E-state index contributed by atoms with van der Waals surface area (Å²) in [5.74, 6) is -2.05. The van der Waals surface area contributed by atoms with Crippen LogP contribution in [0, 0.1) is 0 Å². The maximum Gasteiger partial charge on any atom is 0.242 e. The van der Waals surface area contributed by atoms with Crippen LogP contribution >= 0.6 is 0 Å². The maximum absolute atomic E-state index is 12.7. The van der Waals surface area contributed by atoms with Crippen LogP contribution in [0.1, 0.15) is 55.2 Å². The molecule has 2 aromatic carbocycles. The molecule has 0 aromatic heterocycles. The van der Waals surface area contributed by atoms with Gasteiger partial charge in [-0.05, 0) is 48.8 Å². The summed E-state index contributed by atoms with van der Waals surface area (Å²) >= 11 is 0. The fourth-order valence-electron chi connectivity index (χ4n) is 4.37. The lowest BCUT2D eigenvalue weighted by atomic mass is 10.0. The first-order chi connectivity index (χ1) is 21.3. The Morgan fingerprint density at radius 1 is 0.636 bits per heavy atom. The van der Waals surface area contributed by atoms with Crippen molar-refractivity contribution in [3.8, 4) is 0 Å². The summed E-state index contributed by atoms with van der Waals surface area (Å²) in [4.78, 5) is 61.4. The molecular formula is C33H46N4O7. The molecule has 0 fully saturated rings. The second kappa shape index (κ2) is 21.6. The van der Waals surface area contributed by atoms with Gasteiger partial charge in [-0.1, -0.05) is 54.6 Å². The van der Waals surface area contributed by atoms with E-state index in [0.29, 0.717) is 0 Å². The lowest BCUT2D eigenvalue weighted by Crippen LogP contribution is -2.49. The zero-order valence-corrected chi connectivity index (χ0v) is 25.8. The fraction of sp³-hybridized carbons (Fsp3) is 0.485. The number of carbonyl (C=O) groups excluding carboxylic acids is 5. The molecule has 0 aliphatic rings. The van der Waals surface area contributed by atoms with Crippen LogP contribution in [-0.4, -0.2) is 76.1 Å². The van der Waals surface area contributed by atoms with Crippen LogP contribution in [0.2, 0.25) is 0 Å². The minimum atomic E-state index is -0.918. The Kier molecular flexibility index (Phi) is 17.7. The van der Waals surface area contributed by atoms with E-state index >= 15 is 0 Å². The van der Waals surface area contributed by atoms with Gasteiger partial charge >= 0.3 is 0 Å². The van der Waals surface area contributed by atoms with E-state index in [-0.39, 0.29) is 70.2 Å². The molecule has 5 amide bonds. The molecule has 0 saturated heterocycles. The van der Waals surface area contributed by atoms with Gasteiger partial charge in [0, 0.05) is 46.6 Å². The van der Waals surface area contributed by atoms with Gasteiger partial charge in [0.2, 0.25) is 29.5 Å². The monoisotopic (exact) mass is 610 g/mol. The van der Waals surface area contributed by atoms with E-state index < -0.39 is 23.8 Å². The number of aryl methyl sites for hydroxylation is 2. The number of nitrogens with one attached hydrogen (secondary N) is 4. The summed E-state index contributed by atoms with van der Waals surface area (Å²) in [6, 6.07) is 17.3. The average Bonchev–Trinajstić information content (AvgIpc) is 3.01. The molecule has 4 N–H and O–H groups in total. The average molecular weight is 611 g/mol. The Hall–Kier alpha value is -4.09. The first kappa shape index (κ1) is 36.1. The molecule has 0 saturated carbocycles. The normalized spacial score (nSPS) is 11.3. The number of unbranched alkanes of at least 4 members (excludes halogenated alkanes) is 1. The van der Waals surface area contributed by atoms with Crippen molar-refractivity contribution in [2.45, 2.75) is 63.8 Å². The van der Waals surface area contributed by atoms with Gasteiger partial charge in [-0.25, -0.2) is 0 Å². The van der Waals surface area contributed by atoms with E-state index in [1.165, 1.54) is 25.3 Å². The van der Waals surface area contributed by atoms with Crippen LogP contribution < -0.4 is 21.3 Å². The lowest BCUT2D eigenvalue weighted by molar-refractivity contribution is -0.131. The second-order valence-corrected chi connectivity index (χ2v) is 10.4. The molecule has 44 heavy (non-hydrogen) atoms. The molecule has 0 bridgehead atoms. The van der Waals surface area contributed by atoms with Gasteiger partial charge in [0.1, 0.15) is 6.04 Å². The van der Waals surface area contributed by atoms with Crippen molar-refractivity contribution in [2.24, 2.45) is 0 Å². The third-order valence-corrected chi connectivity index (χ3v) is 6.81. The van der Waals surface area contributed by atoms with Gasteiger partial charge < -0.3 is 25.4 Å². The molecule has 0 aliphatic heterocycles. The number of hydrogen-bond donors (Lipinski definition) is 4. The number of benzene rings is 2. The fourth-order valence-corrected chi connectivity index (χ4v) is 4.37. The predicted molar refractivity (Wildman–Crippen MR) is 167 cm³/mol. The Labute approximate surface area is 259 Å². The van der Waals surface area contributed by atoms with Gasteiger partial charge in [0.25, 0.3) is 0 Å². The highest BCUT2D eigenvalue weighted by molar-refractivity contribution is 5.96. The largest absolute Gasteiger partial charge is 0.384 e. The van der Waals surface area contributed by atoms with Crippen LogP contribution in [-0.2, 0) is 52.7 Å². The number of rotatable bonds is 21. The molecular weight excluding hydrogens is 564 g/mol. The van der Waals surface area contributed by atoms with E-state index in [2.05, 4.69) is 45.5 Å². The molecule has 0 spiro atoms. The third-order valence-electron chi connectivity index (χ3n) is 6.81. The van der Waals surface area contributed by atoms with E-state index in [0.717, 1.165) is 31.2 Å². The van der Waals surface area contributed by atoms with Crippen LogP contribution in [0.15, 0.2) is 54.6 Å². The van der Waals surface area contributed by atoms with E-state index in [9.17, 15) is 24.0 Å². The summed E-state index contributed by atoms with van der Waals surface area (Å²) < 4.78 is 9.77. The highest BCUT2D eigenvalue weighted by Gasteiger charge is 2.21. The molecule has 0 unspecified atom stereocenters. The molecule has 1 atom stereocenters. The highest BCUT2D eigenvalue weighted by Crippen LogP contribution is 2.11. The summed E-state index contributed by atoms with van der Waals surface area (Å²) in [6.07, 6.45) is 4.56. The maximum atomic E-state index is 12.7. The Bertz CT molecular complexity index is 1170. The molecule has 11 nitrogen and oxygen atoms in total. The highest BCUT2D eigenvalue weighted by atomic mass is 16.5. The molecule has 11 heteroatoms. The first-order valence-electron chi connectivity index (χ1n) is 15.1. The summed E-state index contributed by atoms with van der Waals surface area (Å²) in [6.45, 7) is 0.606. The van der Waals surface area contributed by atoms with Crippen molar-refractivity contribution in [3.05, 3.63) is 71.3 Å². The van der Waals surface area contributed by atoms with Crippen LogP contribution in [0.3, 0.4) is 0 Å². The summed E-state index contributed by atoms with van der Waals surface area (Å²) in [7, 11) is 2.96. The van der Waals surface area contributed by atoms with Gasteiger partial charge in [-0.15, -0.1) is 0 Å². The number of amides is 5. The molecule has 2 aromatic rings. The predicted octanol–water partition coefficient (Wildman–Crippen LogP) is 2.01. The van der Waals surface area contributed by atoms with E-state index in [1.807, 2.05) is 30.3 Å². The van der Waals surface area contributed by atoms with Gasteiger partial charge in [-0.3, -0.25) is 29.3 Å². The molecule has 0 heterocycles. The molecule has 2 rings (SSSR count). The van der Waals surface area contributed by atoms with Crippen molar-refractivity contribution in [1.82, 2.24) is 21.3 Å². The van der Waals surface area contributed by atoms with Crippen LogP contribution in [0.25, 0.3) is 0 Å². The van der Waals surface area contributed by atoms with E-state index in [4.69, 9.17) is 9.47 Å². The van der Waals surface area contributed by atoms with Crippen molar-refractivity contribution in [2.75, 3.05) is 40.5 Å². The van der Waals surface area contributed by atoms with Gasteiger partial charge in [0.15, 0.2) is 0 Å². The lowest BCUT2D eigenvalue weighted by Gasteiger charge is -2.19. The topological polar surface area (TPSA) is 152 Å². The number of imide groups is 1. The Balaban J connectivity index is 1.70. The smallest absolute Gasteiger partial charge is 0.242 e. The van der Waals surface area contributed by atoms with Gasteiger partial charge in [0.05, 0.1) is 19.6 Å². The van der Waals surface area contributed by atoms with Crippen molar-refractivity contribution < 1.29 is 33.4 Å². The van der Waals surface area contributed by atoms with Crippen molar-refractivity contribution in [1.29, 1.82) is 0 Å². The van der Waals surface area contributed by atoms with Crippen molar-refractivity contribution >= 4 is 29.5 Å². The zero-order chi connectivity index (χ0) is 32.0. The molecule has 0 radical (unpaired) electrons. The number of methoxy groups -OCH3 is 2. The Morgan fingerprint density at radius 3 is 1.86 bits per heavy atom. The molecule has 240 valence electrons.